The molecule has 2 atom stereocenters. The van der Waals surface area contributed by atoms with Crippen molar-refractivity contribution in [2.75, 3.05) is 44.7 Å². The Bertz CT molecular complexity index is 827. The fourth-order valence-electron chi connectivity index (χ4n) is 4.96. The van der Waals surface area contributed by atoms with E-state index in [0.717, 1.165) is 43.0 Å². The van der Waals surface area contributed by atoms with Gasteiger partial charge in [0, 0.05) is 5.69 Å². The van der Waals surface area contributed by atoms with Crippen LogP contribution in [0.15, 0.2) is 30.4 Å². The van der Waals surface area contributed by atoms with Crippen molar-refractivity contribution in [1.29, 1.82) is 0 Å². The Labute approximate surface area is 177 Å². The van der Waals surface area contributed by atoms with E-state index in [2.05, 4.69) is 5.32 Å². The number of carbonyl (C=O) groups is 3. The standard InChI is InChI=1S/C23H30N4O3/c1-16-6-5-7-17(2)21(16)24-20(28)14-25-10-12-26(13-11-25)15-27-22(29)18-8-3-4-9-19(18)23(27)30/h3-7,18-19H,8-15H2,1-2H3,(H,24,28)/p+2/t18-,19-/m1/s1. The number of fused-ring (bicyclic) bond motifs is 1. The van der Waals surface area contributed by atoms with Crippen LogP contribution in [0.25, 0.3) is 0 Å². The molecule has 2 saturated heterocycles. The molecule has 0 unspecified atom stereocenters. The van der Waals surface area contributed by atoms with Crippen molar-refractivity contribution in [2.24, 2.45) is 11.8 Å². The average molecular weight is 413 g/mol. The Balaban J connectivity index is 1.26. The second-order valence-electron chi connectivity index (χ2n) is 8.91. The maximum atomic E-state index is 12.7. The normalized spacial score (nSPS) is 28.5. The third-order valence-electron chi connectivity index (χ3n) is 6.80. The molecule has 0 spiro atoms. The minimum atomic E-state index is -0.151. The van der Waals surface area contributed by atoms with Crippen LogP contribution in [0.1, 0.15) is 24.0 Å². The fraction of sp³-hybridized carbons (Fsp3) is 0.522. The van der Waals surface area contributed by atoms with Crippen LogP contribution in [0, 0.1) is 25.7 Å². The first-order valence-electron chi connectivity index (χ1n) is 11.0. The second kappa shape index (κ2) is 8.70. The molecular formula is C23H32N4O3+2. The maximum absolute atomic E-state index is 12.7. The highest BCUT2D eigenvalue weighted by Gasteiger charge is 2.48. The highest BCUT2D eigenvalue weighted by atomic mass is 16.2. The quantitative estimate of drug-likeness (QED) is 0.426. The number of rotatable bonds is 5. The van der Waals surface area contributed by atoms with Gasteiger partial charge in [-0.2, -0.15) is 0 Å². The molecule has 0 aromatic heterocycles. The van der Waals surface area contributed by atoms with Gasteiger partial charge in [0.25, 0.3) is 5.91 Å². The summed E-state index contributed by atoms with van der Waals surface area (Å²) in [6.07, 6.45) is 5.42. The molecule has 3 N–H and O–H groups in total. The van der Waals surface area contributed by atoms with E-state index in [9.17, 15) is 14.4 Å². The van der Waals surface area contributed by atoms with Crippen LogP contribution >= 0.6 is 0 Å². The number of nitrogens with one attached hydrogen (secondary N) is 3. The van der Waals surface area contributed by atoms with Gasteiger partial charge in [-0.05, 0) is 37.8 Å². The Hall–Kier alpha value is -2.51. The number of hydrogen-bond donors (Lipinski definition) is 3. The number of allylic oxidation sites excluding steroid dienone is 2. The number of benzene rings is 1. The molecule has 1 aliphatic carbocycles. The lowest BCUT2D eigenvalue weighted by Crippen LogP contribution is -3.29. The zero-order valence-corrected chi connectivity index (χ0v) is 17.9. The summed E-state index contributed by atoms with van der Waals surface area (Å²) in [5.41, 5.74) is 3.06. The summed E-state index contributed by atoms with van der Waals surface area (Å²) in [5.74, 6) is -0.258. The van der Waals surface area contributed by atoms with Gasteiger partial charge in [-0.1, -0.05) is 30.4 Å². The van der Waals surface area contributed by atoms with E-state index in [4.69, 9.17) is 0 Å². The monoisotopic (exact) mass is 412 g/mol. The highest BCUT2D eigenvalue weighted by molar-refractivity contribution is 6.05. The van der Waals surface area contributed by atoms with E-state index >= 15 is 0 Å². The van der Waals surface area contributed by atoms with Crippen LogP contribution < -0.4 is 15.1 Å². The molecule has 7 nitrogen and oxygen atoms in total. The third-order valence-corrected chi connectivity index (χ3v) is 6.80. The predicted octanol–water partition coefficient (Wildman–Crippen LogP) is -1.07. The van der Waals surface area contributed by atoms with Crippen molar-refractivity contribution in [1.82, 2.24) is 4.90 Å². The summed E-state index contributed by atoms with van der Waals surface area (Å²) in [6.45, 7) is 8.36. The molecule has 160 valence electrons. The Morgan fingerprint density at radius 3 is 2.07 bits per heavy atom. The molecule has 4 rings (SSSR count). The SMILES string of the molecule is Cc1cccc(C)c1NC(=O)C[NH+]1CC[NH+](CN2C(=O)[C@@H]3CC=CC[C@H]3C2=O)CC1. The largest absolute Gasteiger partial charge is 0.321 e. The molecule has 0 bridgehead atoms. The van der Waals surface area contributed by atoms with Crippen molar-refractivity contribution < 1.29 is 24.2 Å². The number of para-hydroxylation sites is 1. The van der Waals surface area contributed by atoms with Gasteiger partial charge in [-0.25, -0.2) is 4.90 Å². The van der Waals surface area contributed by atoms with Crippen molar-refractivity contribution in [3.05, 3.63) is 41.5 Å². The number of nitrogens with zero attached hydrogens (tertiary/aromatic N) is 1. The zero-order valence-electron chi connectivity index (χ0n) is 17.9. The molecule has 7 heteroatoms. The number of likely N-dealkylation sites (tertiary alicyclic amines) is 1. The van der Waals surface area contributed by atoms with Gasteiger partial charge < -0.3 is 15.1 Å². The van der Waals surface area contributed by atoms with Gasteiger partial charge >= 0.3 is 0 Å². The number of imide groups is 1. The molecular weight excluding hydrogens is 380 g/mol. The summed E-state index contributed by atoms with van der Waals surface area (Å²) in [5, 5.41) is 3.07. The van der Waals surface area contributed by atoms with Crippen molar-refractivity contribution in [3.8, 4) is 0 Å². The number of piperazine rings is 1. The van der Waals surface area contributed by atoms with Crippen molar-refractivity contribution in [2.45, 2.75) is 26.7 Å². The van der Waals surface area contributed by atoms with Gasteiger partial charge in [0.05, 0.1) is 11.8 Å². The lowest BCUT2D eigenvalue weighted by Gasteiger charge is -2.31. The number of aryl methyl sites for hydroxylation is 2. The van der Waals surface area contributed by atoms with Gasteiger partial charge in [-0.15, -0.1) is 0 Å². The topological polar surface area (TPSA) is 75.4 Å². The molecule has 2 aliphatic heterocycles. The summed E-state index contributed by atoms with van der Waals surface area (Å²) in [4.78, 5) is 41.9. The lowest BCUT2D eigenvalue weighted by atomic mass is 9.85. The van der Waals surface area contributed by atoms with Crippen LogP contribution in [0.5, 0.6) is 0 Å². The van der Waals surface area contributed by atoms with Gasteiger partial charge in [0.1, 0.15) is 26.2 Å². The van der Waals surface area contributed by atoms with E-state index in [1.165, 1.54) is 14.7 Å². The molecule has 1 aromatic carbocycles. The average Bonchev–Trinajstić information content (AvgIpc) is 2.97. The van der Waals surface area contributed by atoms with Crippen LogP contribution in [0.2, 0.25) is 0 Å². The smallest absolute Gasteiger partial charge is 0.279 e. The van der Waals surface area contributed by atoms with E-state index in [1.807, 2.05) is 44.2 Å². The van der Waals surface area contributed by atoms with Crippen LogP contribution in [-0.2, 0) is 14.4 Å². The fourth-order valence-corrected chi connectivity index (χ4v) is 4.96. The second-order valence-corrected chi connectivity index (χ2v) is 8.91. The number of quaternary nitrogens is 2. The molecule has 30 heavy (non-hydrogen) atoms. The van der Waals surface area contributed by atoms with E-state index < -0.39 is 0 Å². The van der Waals surface area contributed by atoms with Crippen LogP contribution in [-0.4, -0.2) is 62.0 Å². The Morgan fingerprint density at radius 1 is 0.967 bits per heavy atom. The van der Waals surface area contributed by atoms with E-state index in [0.29, 0.717) is 26.1 Å². The number of amides is 3. The highest BCUT2D eigenvalue weighted by Crippen LogP contribution is 2.34. The molecule has 1 aromatic rings. The van der Waals surface area contributed by atoms with Gasteiger partial charge in [0.15, 0.2) is 13.2 Å². The number of hydrogen-bond acceptors (Lipinski definition) is 3. The predicted molar refractivity (Wildman–Crippen MR) is 113 cm³/mol. The molecule has 0 radical (unpaired) electrons. The first-order valence-corrected chi connectivity index (χ1v) is 11.0. The van der Waals surface area contributed by atoms with Crippen molar-refractivity contribution >= 4 is 23.4 Å². The summed E-state index contributed by atoms with van der Waals surface area (Å²) in [6, 6.07) is 6.00. The first-order chi connectivity index (χ1) is 14.4. The van der Waals surface area contributed by atoms with E-state index in [-0.39, 0.29) is 29.6 Å². The maximum Gasteiger partial charge on any atom is 0.279 e. The Kier molecular flexibility index (Phi) is 6.01. The minimum absolute atomic E-state index is 0.00426. The lowest BCUT2D eigenvalue weighted by molar-refractivity contribution is -1.01. The molecule has 0 saturated carbocycles. The molecule has 3 aliphatic rings. The van der Waals surface area contributed by atoms with Crippen LogP contribution in [0.3, 0.4) is 0 Å². The third kappa shape index (κ3) is 4.18. The number of carbonyl (C=O) groups excluding carboxylic acids is 3. The molecule has 3 amide bonds. The molecule has 2 fully saturated rings. The van der Waals surface area contributed by atoms with Gasteiger partial charge in [-0.3, -0.25) is 14.4 Å². The summed E-state index contributed by atoms with van der Waals surface area (Å²) < 4.78 is 0. The first kappa shape index (κ1) is 20.8. The Morgan fingerprint density at radius 2 is 1.50 bits per heavy atom. The van der Waals surface area contributed by atoms with E-state index in [1.54, 1.807) is 0 Å². The van der Waals surface area contributed by atoms with Crippen molar-refractivity contribution in [3.63, 3.8) is 0 Å². The summed E-state index contributed by atoms with van der Waals surface area (Å²) >= 11 is 0. The summed E-state index contributed by atoms with van der Waals surface area (Å²) in [7, 11) is 0. The number of anilines is 1. The molecule has 2 heterocycles. The van der Waals surface area contributed by atoms with Crippen LogP contribution in [0.4, 0.5) is 5.69 Å². The zero-order chi connectivity index (χ0) is 21.3. The van der Waals surface area contributed by atoms with Gasteiger partial charge in [0.2, 0.25) is 11.8 Å². The minimum Gasteiger partial charge on any atom is -0.321 e.